The zero-order valence-electron chi connectivity index (χ0n) is 14.4. The first-order valence-electron chi connectivity index (χ1n) is 8.34. The van der Waals surface area contributed by atoms with Gasteiger partial charge in [-0.25, -0.2) is 9.78 Å². The molecule has 0 aliphatic carbocycles. The molecule has 6 nitrogen and oxygen atoms in total. The van der Waals surface area contributed by atoms with Crippen LogP contribution in [0.2, 0.25) is 0 Å². The first-order valence-corrected chi connectivity index (χ1v) is 8.34. The number of nitrogens with zero attached hydrogens (tertiary/aromatic N) is 2. The van der Waals surface area contributed by atoms with Gasteiger partial charge >= 0.3 is 5.97 Å². The number of carbonyl (C=O) groups excluding carboxylic acids is 2. The first kappa shape index (κ1) is 17.0. The number of pyridine rings is 1. The number of hydrogen-bond donors (Lipinski definition) is 1. The minimum absolute atomic E-state index is 0.0567. The number of amides is 1. The quantitative estimate of drug-likeness (QED) is 0.848. The van der Waals surface area contributed by atoms with Gasteiger partial charge in [-0.1, -0.05) is 18.2 Å². The molecule has 0 spiro atoms. The summed E-state index contributed by atoms with van der Waals surface area (Å²) in [4.78, 5) is 30.6. The summed E-state index contributed by atoms with van der Waals surface area (Å²) >= 11 is 0. The molecule has 3 rings (SSSR count). The Balaban J connectivity index is 1.68. The first-order chi connectivity index (χ1) is 12.1. The largest absolute Gasteiger partial charge is 0.459 e. The Hall–Kier alpha value is -2.89. The van der Waals surface area contributed by atoms with Crippen LogP contribution in [0.3, 0.4) is 0 Å². The third kappa shape index (κ3) is 3.79. The Morgan fingerprint density at radius 1 is 1.24 bits per heavy atom. The number of anilines is 2. The van der Waals surface area contributed by atoms with Crippen molar-refractivity contribution < 1.29 is 14.3 Å². The lowest BCUT2D eigenvalue weighted by molar-refractivity contribution is -0.116. The minimum Gasteiger partial charge on any atom is -0.459 e. The van der Waals surface area contributed by atoms with Gasteiger partial charge in [0.1, 0.15) is 11.4 Å². The van der Waals surface area contributed by atoms with Crippen LogP contribution in [-0.4, -0.2) is 36.1 Å². The van der Waals surface area contributed by atoms with Crippen LogP contribution >= 0.6 is 0 Å². The summed E-state index contributed by atoms with van der Waals surface area (Å²) < 4.78 is 5.22. The Labute approximate surface area is 146 Å². The van der Waals surface area contributed by atoms with E-state index in [1.165, 1.54) is 5.56 Å². The van der Waals surface area contributed by atoms with Crippen molar-refractivity contribution in [2.24, 2.45) is 0 Å². The van der Waals surface area contributed by atoms with E-state index in [1.807, 2.05) is 24.3 Å². The normalized spacial score (nSPS) is 12.8. The van der Waals surface area contributed by atoms with E-state index >= 15 is 0 Å². The van der Waals surface area contributed by atoms with Gasteiger partial charge in [0.05, 0.1) is 12.6 Å². The van der Waals surface area contributed by atoms with Gasteiger partial charge in [0.2, 0.25) is 5.91 Å². The predicted molar refractivity (Wildman–Crippen MR) is 95.8 cm³/mol. The molecule has 0 atom stereocenters. The number of aromatic nitrogens is 1. The van der Waals surface area contributed by atoms with E-state index in [-0.39, 0.29) is 18.6 Å². The van der Waals surface area contributed by atoms with Gasteiger partial charge in [-0.05, 0) is 44.0 Å². The molecule has 6 heteroatoms. The Kier molecular flexibility index (Phi) is 4.97. The maximum absolute atomic E-state index is 12.6. The maximum Gasteiger partial charge on any atom is 0.342 e. The standard InChI is InChI=1S/C19H21N3O3/c1-13(2)25-19(24)15-7-5-10-20-18(15)21-12-17(23)22-11-9-14-6-3-4-8-16(14)22/h3-8,10,13H,9,11-12H2,1-2H3,(H,20,21). The minimum atomic E-state index is -0.454. The van der Waals surface area contributed by atoms with Crippen molar-refractivity contribution in [1.29, 1.82) is 0 Å². The summed E-state index contributed by atoms with van der Waals surface area (Å²) in [6.07, 6.45) is 2.21. The average Bonchev–Trinajstić information content (AvgIpc) is 3.03. The highest BCUT2D eigenvalue weighted by molar-refractivity contribution is 5.99. The average molecular weight is 339 g/mol. The fourth-order valence-electron chi connectivity index (χ4n) is 2.84. The number of hydrogen-bond acceptors (Lipinski definition) is 5. The molecule has 0 unspecified atom stereocenters. The van der Waals surface area contributed by atoms with Gasteiger partial charge in [0.25, 0.3) is 0 Å². The Morgan fingerprint density at radius 3 is 2.84 bits per heavy atom. The van der Waals surface area contributed by atoms with Crippen molar-refractivity contribution in [3.8, 4) is 0 Å². The molecule has 0 saturated heterocycles. The van der Waals surface area contributed by atoms with Gasteiger partial charge in [-0.15, -0.1) is 0 Å². The molecule has 0 radical (unpaired) electrons. The van der Waals surface area contributed by atoms with Crippen LogP contribution in [0.25, 0.3) is 0 Å². The molecular weight excluding hydrogens is 318 g/mol. The molecule has 1 amide bonds. The van der Waals surface area contributed by atoms with E-state index in [9.17, 15) is 9.59 Å². The second-order valence-corrected chi connectivity index (χ2v) is 6.13. The van der Waals surface area contributed by atoms with E-state index in [0.717, 1.165) is 12.1 Å². The lowest BCUT2D eigenvalue weighted by atomic mass is 10.2. The number of benzene rings is 1. The molecular formula is C19H21N3O3. The smallest absolute Gasteiger partial charge is 0.342 e. The number of para-hydroxylation sites is 1. The Bertz CT molecular complexity index is 789. The summed E-state index contributed by atoms with van der Waals surface area (Å²) in [6, 6.07) is 11.2. The lowest BCUT2D eigenvalue weighted by Crippen LogP contribution is -2.34. The van der Waals surface area contributed by atoms with Gasteiger partial charge in [-0.2, -0.15) is 0 Å². The van der Waals surface area contributed by atoms with Crippen molar-refractivity contribution in [2.45, 2.75) is 26.4 Å². The molecule has 0 fully saturated rings. The van der Waals surface area contributed by atoms with Crippen LogP contribution in [0.5, 0.6) is 0 Å². The highest BCUT2D eigenvalue weighted by Gasteiger charge is 2.24. The number of ether oxygens (including phenoxy) is 1. The second kappa shape index (κ2) is 7.34. The zero-order chi connectivity index (χ0) is 17.8. The summed E-state index contributed by atoms with van der Waals surface area (Å²) in [6.45, 7) is 4.31. The van der Waals surface area contributed by atoms with E-state index in [1.54, 1.807) is 37.1 Å². The fourth-order valence-corrected chi connectivity index (χ4v) is 2.84. The molecule has 0 saturated carbocycles. The second-order valence-electron chi connectivity index (χ2n) is 6.13. The molecule has 1 N–H and O–H groups in total. The highest BCUT2D eigenvalue weighted by Crippen LogP contribution is 2.27. The summed E-state index contributed by atoms with van der Waals surface area (Å²) in [5.74, 6) is -0.155. The fraction of sp³-hybridized carbons (Fsp3) is 0.316. The number of esters is 1. The van der Waals surface area contributed by atoms with Crippen LogP contribution in [0, 0.1) is 0 Å². The van der Waals surface area contributed by atoms with E-state index in [0.29, 0.717) is 17.9 Å². The molecule has 130 valence electrons. The molecule has 2 heterocycles. The van der Waals surface area contributed by atoms with Gasteiger partial charge in [0, 0.05) is 18.4 Å². The van der Waals surface area contributed by atoms with Gasteiger partial charge < -0.3 is 15.0 Å². The monoisotopic (exact) mass is 339 g/mol. The Morgan fingerprint density at radius 2 is 2.04 bits per heavy atom. The molecule has 25 heavy (non-hydrogen) atoms. The van der Waals surface area contributed by atoms with Crippen molar-refractivity contribution in [2.75, 3.05) is 23.3 Å². The molecule has 1 aromatic heterocycles. The highest BCUT2D eigenvalue weighted by atomic mass is 16.5. The zero-order valence-corrected chi connectivity index (χ0v) is 14.4. The van der Waals surface area contributed by atoms with Crippen molar-refractivity contribution >= 4 is 23.4 Å². The molecule has 1 aromatic carbocycles. The van der Waals surface area contributed by atoms with E-state index < -0.39 is 5.97 Å². The number of rotatable bonds is 5. The molecule has 1 aliphatic rings. The maximum atomic E-state index is 12.6. The number of nitrogens with one attached hydrogen (secondary N) is 1. The van der Waals surface area contributed by atoms with Gasteiger partial charge in [-0.3, -0.25) is 4.79 Å². The third-order valence-corrected chi connectivity index (χ3v) is 3.97. The van der Waals surface area contributed by atoms with Crippen molar-refractivity contribution in [3.05, 3.63) is 53.7 Å². The van der Waals surface area contributed by atoms with E-state index in [2.05, 4.69) is 10.3 Å². The predicted octanol–water partition coefficient (Wildman–Crippen LogP) is 2.65. The van der Waals surface area contributed by atoms with E-state index in [4.69, 9.17) is 4.74 Å². The molecule has 1 aliphatic heterocycles. The summed E-state index contributed by atoms with van der Waals surface area (Å²) in [7, 11) is 0. The number of carbonyl (C=O) groups is 2. The SMILES string of the molecule is CC(C)OC(=O)c1cccnc1NCC(=O)N1CCc2ccccc21. The topological polar surface area (TPSA) is 71.5 Å². The summed E-state index contributed by atoms with van der Waals surface area (Å²) in [5.41, 5.74) is 2.45. The van der Waals surface area contributed by atoms with Crippen molar-refractivity contribution in [3.63, 3.8) is 0 Å². The van der Waals surface area contributed by atoms with Crippen LogP contribution in [0.15, 0.2) is 42.6 Å². The van der Waals surface area contributed by atoms with Crippen molar-refractivity contribution in [1.82, 2.24) is 4.98 Å². The van der Waals surface area contributed by atoms with Crippen LogP contribution in [0.4, 0.5) is 11.5 Å². The molecule has 2 aromatic rings. The molecule has 0 bridgehead atoms. The summed E-state index contributed by atoms with van der Waals surface area (Å²) in [5, 5.41) is 2.97. The van der Waals surface area contributed by atoms with Crippen LogP contribution in [0.1, 0.15) is 29.8 Å². The van der Waals surface area contributed by atoms with Crippen LogP contribution < -0.4 is 10.2 Å². The van der Waals surface area contributed by atoms with Crippen LogP contribution in [-0.2, 0) is 16.0 Å². The van der Waals surface area contributed by atoms with Gasteiger partial charge in [0.15, 0.2) is 0 Å². The number of fused-ring (bicyclic) bond motifs is 1. The third-order valence-electron chi connectivity index (χ3n) is 3.97. The lowest BCUT2D eigenvalue weighted by Gasteiger charge is -2.18.